The summed E-state index contributed by atoms with van der Waals surface area (Å²) in [4.78, 5) is 11.4. The number of anilines is 1. The van der Waals surface area contributed by atoms with Gasteiger partial charge < -0.3 is 10.5 Å². The number of rotatable bonds is 1. The van der Waals surface area contributed by atoms with E-state index in [-0.39, 0.29) is 11.4 Å². The number of aromatic nitrogens is 2. The van der Waals surface area contributed by atoms with Gasteiger partial charge in [0, 0.05) is 0 Å². The first-order valence-electron chi connectivity index (χ1n) is 3.92. The Morgan fingerprint density at radius 2 is 2.23 bits per heavy atom. The van der Waals surface area contributed by atoms with Gasteiger partial charge in [-0.25, -0.2) is 4.79 Å². The molecule has 5 nitrogen and oxygen atoms in total. The largest absolute Gasteiger partial charge is 0.456 e. The van der Waals surface area contributed by atoms with Crippen LogP contribution in [0.3, 0.4) is 0 Å². The lowest BCUT2D eigenvalue weighted by Crippen LogP contribution is -2.24. The molecule has 0 fully saturated rings. The number of aromatic amines is 1. The molecule has 5 heteroatoms. The lowest BCUT2D eigenvalue weighted by atomic mass is 10.2. The number of nitrogens with one attached hydrogen (secondary N) is 1. The van der Waals surface area contributed by atoms with E-state index >= 15 is 0 Å². The zero-order valence-corrected chi connectivity index (χ0v) is 7.92. The Hall–Kier alpha value is -1.52. The van der Waals surface area contributed by atoms with Gasteiger partial charge in [0.25, 0.3) is 0 Å². The summed E-state index contributed by atoms with van der Waals surface area (Å²) in [7, 11) is 0. The van der Waals surface area contributed by atoms with E-state index in [9.17, 15) is 4.79 Å². The fourth-order valence-electron chi connectivity index (χ4n) is 0.792. The van der Waals surface area contributed by atoms with Crippen LogP contribution < -0.4 is 5.73 Å². The molecule has 3 N–H and O–H groups in total. The van der Waals surface area contributed by atoms with Gasteiger partial charge in [0.05, 0.1) is 6.20 Å². The molecule has 0 saturated heterocycles. The van der Waals surface area contributed by atoms with E-state index in [0.717, 1.165) is 0 Å². The molecule has 0 spiro atoms. The quantitative estimate of drug-likeness (QED) is 0.635. The van der Waals surface area contributed by atoms with E-state index in [1.807, 2.05) is 0 Å². The Morgan fingerprint density at radius 1 is 1.62 bits per heavy atom. The summed E-state index contributed by atoms with van der Waals surface area (Å²) >= 11 is 0. The Balaban J connectivity index is 2.76. The maximum absolute atomic E-state index is 11.4. The fraction of sp³-hybridized carbons (Fsp3) is 0.500. The number of nitrogen functional groups attached to an aromatic ring is 1. The van der Waals surface area contributed by atoms with Crippen molar-refractivity contribution in [2.45, 2.75) is 26.4 Å². The van der Waals surface area contributed by atoms with Gasteiger partial charge in [-0.15, -0.1) is 0 Å². The van der Waals surface area contributed by atoms with Crippen molar-refractivity contribution < 1.29 is 9.53 Å². The molecule has 1 aromatic heterocycles. The van der Waals surface area contributed by atoms with Crippen LogP contribution in [0.15, 0.2) is 6.20 Å². The molecular formula is C8H13N3O2. The summed E-state index contributed by atoms with van der Waals surface area (Å²) in [6, 6.07) is 0. The molecule has 72 valence electrons. The van der Waals surface area contributed by atoms with Crippen molar-refractivity contribution in [3.05, 3.63) is 11.8 Å². The van der Waals surface area contributed by atoms with Crippen LogP contribution in [-0.4, -0.2) is 21.8 Å². The number of nitrogens with two attached hydrogens (primary N) is 1. The van der Waals surface area contributed by atoms with Crippen LogP contribution in [0.1, 0.15) is 31.1 Å². The van der Waals surface area contributed by atoms with E-state index in [0.29, 0.717) is 0 Å². The van der Waals surface area contributed by atoms with Gasteiger partial charge in [0.2, 0.25) is 0 Å². The van der Waals surface area contributed by atoms with Crippen LogP contribution in [0.25, 0.3) is 0 Å². The first kappa shape index (κ1) is 9.57. The molecule has 0 atom stereocenters. The zero-order chi connectivity index (χ0) is 10.1. The van der Waals surface area contributed by atoms with Gasteiger partial charge in [-0.3, -0.25) is 5.10 Å². The van der Waals surface area contributed by atoms with Crippen molar-refractivity contribution in [1.29, 1.82) is 0 Å². The fourth-order valence-corrected chi connectivity index (χ4v) is 0.792. The highest BCUT2D eigenvalue weighted by Gasteiger charge is 2.20. The molecule has 1 rings (SSSR count). The molecule has 0 radical (unpaired) electrons. The molecule has 0 amide bonds. The lowest BCUT2D eigenvalue weighted by Gasteiger charge is -2.18. The summed E-state index contributed by atoms with van der Waals surface area (Å²) < 4.78 is 5.08. The molecule has 0 aliphatic carbocycles. The predicted molar refractivity (Wildman–Crippen MR) is 48.2 cm³/mol. The van der Waals surface area contributed by atoms with Gasteiger partial charge in [-0.05, 0) is 20.8 Å². The first-order valence-corrected chi connectivity index (χ1v) is 3.92. The van der Waals surface area contributed by atoms with Crippen molar-refractivity contribution in [3.63, 3.8) is 0 Å². The number of esters is 1. The molecule has 0 saturated carbocycles. The predicted octanol–water partition coefficient (Wildman–Crippen LogP) is 0.947. The van der Waals surface area contributed by atoms with Crippen molar-refractivity contribution in [2.75, 3.05) is 5.73 Å². The number of nitrogens with zero attached hydrogens (tertiary/aromatic N) is 1. The number of carbonyl (C=O) groups is 1. The van der Waals surface area contributed by atoms with Crippen molar-refractivity contribution in [3.8, 4) is 0 Å². The van der Waals surface area contributed by atoms with E-state index in [1.54, 1.807) is 20.8 Å². The third-order valence-corrected chi connectivity index (χ3v) is 1.29. The van der Waals surface area contributed by atoms with Crippen LogP contribution in [0.5, 0.6) is 0 Å². The highest BCUT2D eigenvalue weighted by atomic mass is 16.6. The Kier molecular flexibility index (Phi) is 2.27. The number of hydrogen-bond donors (Lipinski definition) is 2. The second kappa shape index (κ2) is 3.08. The van der Waals surface area contributed by atoms with E-state index < -0.39 is 11.6 Å². The second-order valence-corrected chi connectivity index (χ2v) is 3.70. The van der Waals surface area contributed by atoms with Crippen LogP contribution in [0.4, 0.5) is 5.82 Å². The molecular weight excluding hydrogens is 170 g/mol. The minimum Gasteiger partial charge on any atom is -0.456 e. The summed E-state index contributed by atoms with van der Waals surface area (Å²) in [5.74, 6) is -0.229. The number of ether oxygens (including phenoxy) is 1. The van der Waals surface area contributed by atoms with Crippen LogP contribution in [0, 0.1) is 0 Å². The van der Waals surface area contributed by atoms with Gasteiger partial charge in [-0.1, -0.05) is 0 Å². The van der Waals surface area contributed by atoms with Gasteiger partial charge in [-0.2, -0.15) is 5.10 Å². The molecule has 1 aromatic rings. The highest BCUT2D eigenvalue weighted by Crippen LogP contribution is 2.14. The summed E-state index contributed by atoms with van der Waals surface area (Å²) in [6.07, 6.45) is 1.35. The Morgan fingerprint density at radius 3 is 2.62 bits per heavy atom. The summed E-state index contributed by atoms with van der Waals surface area (Å²) in [5.41, 5.74) is 5.20. The van der Waals surface area contributed by atoms with E-state index in [1.165, 1.54) is 6.20 Å². The van der Waals surface area contributed by atoms with Crippen LogP contribution >= 0.6 is 0 Å². The normalized spacial score (nSPS) is 11.3. The Bertz CT molecular complexity index is 311. The maximum atomic E-state index is 11.4. The molecule has 13 heavy (non-hydrogen) atoms. The maximum Gasteiger partial charge on any atom is 0.344 e. The standard InChI is InChI=1S/C8H13N3O2/c1-8(2,3)13-7(12)5-4-10-11-6(5)9/h4H,1-3H3,(H3,9,10,11). The molecule has 0 aliphatic rings. The third-order valence-electron chi connectivity index (χ3n) is 1.29. The number of H-pyrrole nitrogens is 1. The first-order chi connectivity index (χ1) is 5.90. The molecule has 0 unspecified atom stereocenters. The minimum atomic E-state index is -0.513. The monoisotopic (exact) mass is 183 g/mol. The minimum absolute atomic E-state index is 0.231. The summed E-state index contributed by atoms with van der Waals surface area (Å²) in [6.45, 7) is 5.38. The van der Waals surface area contributed by atoms with Crippen LogP contribution in [-0.2, 0) is 4.74 Å². The molecule has 1 heterocycles. The molecule has 0 aromatic carbocycles. The average molecular weight is 183 g/mol. The third kappa shape index (κ3) is 2.47. The van der Waals surface area contributed by atoms with Crippen molar-refractivity contribution in [1.82, 2.24) is 10.2 Å². The summed E-state index contributed by atoms with van der Waals surface area (Å²) in [5, 5.41) is 6.08. The lowest BCUT2D eigenvalue weighted by molar-refractivity contribution is 0.00709. The Labute approximate surface area is 76.3 Å². The SMILES string of the molecule is CC(C)(C)OC(=O)c1cn[nH]c1N. The zero-order valence-electron chi connectivity index (χ0n) is 7.92. The smallest absolute Gasteiger partial charge is 0.344 e. The van der Waals surface area contributed by atoms with Gasteiger partial charge in [0.15, 0.2) is 0 Å². The second-order valence-electron chi connectivity index (χ2n) is 3.70. The average Bonchev–Trinajstić information content (AvgIpc) is 2.30. The van der Waals surface area contributed by atoms with E-state index in [2.05, 4.69) is 10.2 Å². The number of hydrogen-bond acceptors (Lipinski definition) is 4. The van der Waals surface area contributed by atoms with Crippen LogP contribution in [0.2, 0.25) is 0 Å². The highest BCUT2D eigenvalue weighted by molar-refractivity contribution is 5.94. The van der Waals surface area contributed by atoms with Gasteiger partial charge in [0.1, 0.15) is 17.0 Å². The van der Waals surface area contributed by atoms with Gasteiger partial charge >= 0.3 is 5.97 Å². The topological polar surface area (TPSA) is 81.0 Å². The van der Waals surface area contributed by atoms with Crippen molar-refractivity contribution >= 4 is 11.8 Å². The van der Waals surface area contributed by atoms with Crippen molar-refractivity contribution in [2.24, 2.45) is 0 Å². The van der Waals surface area contributed by atoms with E-state index in [4.69, 9.17) is 10.5 Å². The molecule has 0 bridgehead atoms. The number of carbonyl (C=O) groups excluding carboxylic acids is 1. The molecule has 0 aliphatic heterocycles.